The van der Waals surface area contributed by atoms with Crippen molar-refractivity contribution < 1.29 is 63.4 Å². The summed E-state index contributed by atoms with van der Waals surface area (Å²) in [6.07, 6.45) is 0. The van der Waals surface area contributed by atoms with Crippen molar-refractivity contribution in [2.75, 3.05) is 87.8 Å². The van der Waals surface area contributed by atoms with Crippen LogP contribution < -0.4 is 19.5 Å². The normalized spacial score (nSPS) is 9.91. The zero-order valence-electron chi connectivity index (χ0n) is 41.9. The summed E-state index contributed by atoms with van der Waals surface area (Å²) in [5.74, 6) is 1.20. The SMILES string of the molecule is CBr.CNCCO.COc1ccc(C(=O)c2cc(Br)ccc2C(=O)N(C)CCO)cc1.COc1ccc(C(=O)c2ccc(Br)cc2C(=O)N(C)CCO)cc1.COc1ccc(C(=O)c2ccccc2C(=O)O)cc1. The number of carbonyl (C=O) groups excluding carboxylic acids is 5. The van der Waals surface area contributed by atoms with E-state index < -0.39 is 5.97 Å². The molecule has 0 aromatic heterocycles. The average Bonchev–Trinajstić information content (AvgIpc) is 3.43. The highest BCUT2D eigenvalue weighted by molar-refractivity contribution is 9.10. The fourth-order valence-electron chi connectivity index (χ4n) is 6.37. The second-order valence-electron chi connectivity index (χ2n) is 15.1. The Morgan fingerprint density at radius 3 is 1.15 bits per heavy atom. The first kappa shape index (κ1) is 63.5. The van der Waals surface area contributed by atoms with E-state index in [1.807, 2.05) is 5.83 Å². The molecular formula is C55H60Br3N3O13. The molecule has 0 saturated carbocycles. The molecule has 0 aliphatic rings. The number of rotatable bonds is 18. The van der Waals surface area contributed by atoms with E-state index in [-0.39, 0.29) is 73.2 Å². The van der Waals surface area contributed by atoms with E-state index in [0.717, 1.165) is 0 Å². The number of ketones is 3. The van der Waals surface area contributed by atoms with Crippen LogP contribution in [0.15, 0.2) is 142 Å². The van der Waals surface area contributed by atoms with Crippen molar-refractivity contribution >= 4 is 82.9 Å². The summed E-state index contributed by atoms with van der Waals surface area (Å²) < 4.78 is 16.6. The second kappa shape index (κ2) is 34.0. The molecule has 0 radical (unpaired) electrons. The summed E-state index contributed by atoms with van der Waals surface area (Å²) in [5, 5.41) is 37.9. The monoisotopic (exact) mass is 1210 g/mol. The Balaban J connectivity index is 0.000000359. The fourth-order valence-corrected chi connectivity index (χ4v) is 7.09. The van der Waals surface area contributed by atoms with Crippen LogP contribution in [0.2, 0.25) is 0 Å². The van der Waals surface area contributed by atoms with Gasteiger partial charge < -0.3 is 49.8 Å². The maximum atomic E-state index is 12.8. The first-order chi connectivity index (χ1) is 35.5. The molecule has 0 aliphatic heterocycles. The number of halogens is 3. The van der Waals surface area contributed by atoms with E-state index in [1.54, 1.807) is 157 Å². The van der Waals surface area contributed by atoms with Gasteiger partial charge in [-0.3, -0.25) is 24.0 Å². The van der Waals surface area contributed by atoms with Crippen LogP contribution in [0, 0.1) is 0 Å². The van der Waals surface area contributed by atoms with E-state index in [9.17, 15) is 28.8 Å². The predicted molar refractivity (Wildman–Crippen MR) is 295 cm³/mol. The molecule has 6 rings (SSSR count). The Kier molecular flexibility index (Phi) is 29.2. The first-order valence-corrected chi connectivity index (χ1v) is 25.5. The number of hydrogen-bond acceptors (Lipinski definition) is 13. The number of aromatic carboxylic acids is 1. The standard InChI is InChI=1S/2C18H18BrNO4.C15H12O4.C3H9NO.CH3Br/c1-20(9-10-21)18(23)15-8-5-13(19)11-16(15)17(22)12-3-6-14(24-2)7-4-12;1-20(9-10-21)18(23)16-11-13(19)5-8-15(16)17(22)12-3-6-14(24-2)7-4-12;1-19-11-8-6-10(7-9-11)14(16)12-4-2-3-5-13(12)15(17)18;1-4-2-3-5;1-2/h2*3-8,11,21H,9-10H2,1-2H3;2-9H,1H3,(H,17,18);4-5H,2-3H2,1H3;1H3. The largest absolute Gasteiger partial charge is 0.497 e. The molecule has 0 atom stereocenters. The molecule has 0 bridgehead atoms. The van der Waals surface area contributed by atoms with Crippen LogP contribution in [-0.4, -0.2) is 153 Å². The van der Waals surface area contributed by atoms with Gasteiger partial charge in [0.15, 0.2) is 17.3 Å². The number of nitrogens with one attached hydrogen (secondary N) is 1. The van der Waals surface area contributed by atoms with Crippen LogP contribution in [0.5, 0.6) is 17.2 Å². The molecule has 0 aliphatic carbocycles. The van der Waals surface area contributed by atoms with Gasteiger partial charge >= 0.3 is 5.97 Å². The maximum absolute atomic E-state index is 12.8. The van der Waals surface area contributed by atoms with Crippen molar-refractivity contribution in [1.82, 2.24) is 15.1 Å². The average molecular weight is 1210 g/mol. The van der Waals surface area contributed by atoms with Crippen LogP contribution in [-0.2, 0) is 0 Å². The maximum Gasteiger partial charge on any atom is 0.336 e. The molecule has 74 heavy (non-hydrogen) atoms. The van der Waals surface area contributed by atoms with Gasteiger partial charge in [0, 0.05) is 76.1 Å². The third-order valence-corrected chi connectivity index (χ3v) is 11.3. The number of carboxylic acid groups (broad SMARTS) is 1. The molecule has 0 heterocycles. The molecule has 0 unspecified atom stereocenters. The number of likely N-dealkylation sites (N-methyl/N-ethyl adjacent to an activating group) is 3. The van der Waals surface area contributed by atoms with Gasteiger partial charge in [-0.1, -0.05) is 66.0 Å². The van der Waals surface area contributed by atoms with Crippen molar-refractivity contribution in [1.29, 1.82) is 0 Å². The highest BCUT2D eigenvalue weighted by Crippen LogP contribution is 2.25. The van der Waals surface area contributed by atoms with Crippen molar-refractivity contribution in [2.24, 2.45) is 0 Å². The second-order valence-corrected chi connectivity index (χ2v) is 17.0. The third-order valence-electron chi connectivity index (χ3n) is 10.3. The van der Waals surface area contributed by atoms with E-state index in [4.69, 9.17) is 34.6 Å². The van der Waals surface area contributed by atoms with Gasteiger partial charge in [-0.2, -0.15) is 0 Å². The van der Waals surface area contributed by atoms with Crippen LogP contribution in [0.4, 0.5) is 0 Å². The molecule has 6 aromatic carbocycles. The molecule has 0 fully saturated rings. The number of amides is 2. The van der Waals surface area contributed by atoms with Crippen molar-refractivity contribution in [3.05, 3.63) is 192 Å². The Labute approximate surface area is 456 Å². The van der Waals surface area contributed by atoms with Crippen LogP contribution >= 0.6 is 47.8 Å². The molecule has 6 aromatic rings. The minimum Gasteiger partial charge on any atom is -0.497 e. The number of aliphatic hydroxyl groups is 3. The number of aliphatic hydroxyl groups excluding tert-OH is 3. The smallest absolute Gasteiger partial charge is 0.336 e. The molecule has 394 valence electrons. The number of hydrogen-bond donors (Lipinski definition) is 5. The number of nitrogens with zero attached hydrogens (tertiary/aromatic N) is 2. The quantitative estimate of drug-likeness (QED) is 0.0403. The van der Waals surface area contributed by atoms with Crippen LogP contribution in [0.3, 0.4) is 0 Å². The van der Waals surface area contributed by atoms with E-state index in [0.29, 0.717) is 71.7 Å². The highest BCUT2D eigenvalue weighted by Gasteiger charge is 2.23. The molecule has 2 amide bonds. The minimum absolute atomic E-state index is 0.00307. The van der Waals surface area contributed by atoms with Gasteiger partial charge in [-0.05, 0) is 128 Å². The molecule has 16 nitrogen and oxygen atoms in total. The molecule has 5 N–H and O–H groups in total. The van der Waals surface area contributed by atoms with Crippen molar-refractivity contribution in [2.45, 2.75) is 0 Å². The van der Waals surface area contributed by atoms with Gasteiger partial charge in [0.2, 0.25) is 0 Å². The Bertz CT molecular complexity index is 2760. The topological polar surface area (TPSA) is 230 Å². The lowest BCUT2D eigenvalue weighted by atomic mass is 9.97. The summed E-state index contributed by atoms with van der Waals surface area (Å²) in [5.41, 5.74) is 2.77. The zero-order valence-corrected chi connectivity index (χ0v) is 46.7. The summed E-state index contributed by atoms with van der Waals surface area (Å²) in [7, 11) is 9.62. The minimum atomic E-state index is -1.11. The lowest BCUT2D eigenvalue weighted by Gasteiger charge is -2.18. The Morgan fingerprint density at radius 1 is 0.473 bits per heavy atom. The molecule has 19 heteroatoms. The summed E-state index contributed by atoms with van der Waals surface area (Å²) in [6, 6.07) is 36.1. The van der Waals surface area contributed by atoms with Gasteiger partial charge in [0.05, 0.1) is 57.8 Å². The number of methoxy groups -OCH3 is 3. The van der Waals surface area contributed by atoms with Gasteiger partial charge in [-0.15, -0.1) is 0 Å². The van der Waals surface area contributed by atoms with Gasteiger partial charge in [0.1, 0.15) is 17.2 Å². The highest BCUT2D eigenvalue weighted by atomic mass is 79.9. The predicted octanol–water partition coefficient (Wildman–Crippen LogP) is 8.34. The lowest BCUT2D eigenvalue weighted by Crippen LogP contribution is -2.30. The summed E-state index contributed by atoms with van der Waals surface area (Å²) in [6.45, 7) is 1.04. The number of carboxylic acids is 1. The number of benzene rings is 6. The van der Waals surface area contributed by atoms with Gasteiger partial charge in [0.25, 0.3) is 11.8 Å². The van der Waals surface area contributed by atoms with E-state index in [2.05, 4.69) is 53.1 Å². The zero-order chi connectivity index (χ0) is 55.3. The van der Waals surface area contributed by atoms with Crippen LogP contribution in [0.25, 0.3) is 0 Å². The van der Waals surface area contributed by atoms with Gasteiger partial charge in [-0.25, -0.2) is 4.79 Å². The summed E-state index contributed by atoms with van der Waals surface area (Å²) >= 11 is 9.61. The van der Waals surface area contributed by atoms with Crippen molar-refractivity contribution in [3.8, 4) is 17.2 Å². The Hall–Kier alpha value is -6.58. The Morgan fingerprint density at radius 2 is 0.811 bits per heavy atom. The summed E-state index contributed by atoms with van der Waals surface area (Å²) in [4.78, 5) is 76.8. The lowest BCUT2D eigenvalue weighted by molar-refractivity contribution is 0.0691. The van der Waals surface area contributed by atoms with Crippen molar-refractivity contribution in [3.63, 3.8) is 0 Å². The number of ether oxygens (including phenoxy) is 3. The van der Waals surface area contributed by atoms with E-state index >= 15 is 0 Å². The first-order valence-electron chi connectivity index (χ1n) is 22.3. The fraction of sp³-hybridized carbons (Fsp3) is 0.236. The van der Waals surface area contributed by atoms with E-state index in [1.165, 1.54) is 29.0 Å². The van der Waals surface area contributed by atoms with Crippen LogP contribution in [0.1, 0.15) is 78.8 Å². The molecular weight excluding hydrogens is 1150 g/mol. The number of alkyl halides is 1. The third kappa shape index (κ3) is 19.4. The molecule has 0 spiro atoms. The molecule has 0 saturated heterocycles. The number of carbonyl (C=O) groups is 6.